The smallest absolute Gasteiger partial charge is 0.410 e. The minimum Gasteiger partial charge on any atom is -0.456 e. The molecular weight excluding hydrogens is 530 g/mol. The van der Waals surface area contributed by atoms with Gasteiger partial charge in [-0.1, -0.05) is 0 Å². The Labute approximate surface area is 238 Å². The lowest BCUT2D eigenvalue weighted by Gasteiger charge is -2.36. The largest absolute Gasteiger partial charge is 0.456 e. The lowest BCUT2D eigenvalue weighted by atomic mass is 9.92. The van der Waals surface area contributed by atoms with Crippen molar-refractivity contribution in [2.75, 3.05) is 18.0 Å². The Hall–Kier alpha value is -3.95. The maximum Gasteiger partial charge on any atom is 0.410 e. The molecule has 8 nitrogen and oxygen atoms in total. The van der Waals surface area contributed by atoms with Crippen LogP contribution in [0.1, 0.15) is 65.5 Å². The highest BCUT2D eigenvalue weighted by atomic mass is 19.2. The highest BCUT2D eigenvalue weighted by Crippen LogP contribution is 2.45. The molecule has 0 radical (unpaired) electrons. The van der Waals surface area contributed by atoms with E-state index in [0.717, 1.165) is 53.8 Å². The van der Waals surface area contributed by atoms with Crippen molar-refractivity contribution in [2.24, 2.45) is 0 Å². The molecule has 2 aliphatic heterocycles. The van der Waals surface area contributed by atoms with Gasteiger partial charge in [-0.2, -0.15) is 5.10 Å². The first-order valence-corrected chi connectivity index (χ1v) is 14.0. The van der Waals surface area contributed by atoms with Gasteiger partial charge < -0.3 is 19.3 Å². The zero-order valence-corrected chi connectivity index (χ0v) is 24.1. The summed E-state index contributed by atoms with van der Waals surface area (Å²) in [5.74, 6) is -1.38. The average molecular weight is 567 g/mol. The van der Waals surface area contributed by atoms with E-state index in [1.165, 1.54) is 13.0 Å². The number of piperidine rings is 1. The summed E-state index contributed by atoms with van der Waals surface area (Å²) in [6, 6.07) is 7.36. The summed E-state index contributed by atoms with van der Waals surface area (Å²) in [5.41, 5.74) is 2.58. The normalized spacial score (nSPS) is 17.8. The molecule has 10 heteroatoms. The monoisotopic (exact) mass is 566 g/mol. The third-order valence-corrected chi connectivity index (χ3v) is 7.60. The molecular formula is C31H36F2N4O4. The van der Waals surface area contributed by atoms with Crippen molar-refractivity contribution < 1.29 is 27.8 Å². The number of ether oxygens (including phenoxy) is 2. The molecule has 3 aromatic rings. The molecule has 2 amide bonds. The van der Waals surface area contributed by atoms with E-state index in [1.54, 1.807) is 16.0 Å². The fraction of sp³-hybridized carbons (Fsp3) is 0.452. The number of rotatable bonds is 4. The van der Waals surface area contributed by atoms with Crippen molar-refractivity contribution in [1.29, 1.82) is 0 Å². The number of carbonyl (C=O) groups is 2. The van der Waals surface area contributed by atoms with Crippen LogP contribution in [-0.4, -0.2) is 51.4 Å². The quantitative estimate of drug-likeness (QED) is 0.344. The minimum atomic E-state index is -1.00. The topological polar surface area (TPSA) is 76.9 Å². The first-order valence-electron chi connectivity index (χ1n) is 14.0. The number of likely N-dealkylation sites (tertiary alicyclic amines) is 1. The van der Waals surface area contributed by atoms with E-state index < -0.39 is 17.2 Å². The number of fused-ring (bicyclic) bond motifs is 1. The Morgan fingerprint density at radius 1 is 1.02 bits per heavy atom. The third-order valence-electron chi connectivity index (χ3n) is 7.60. The van der Waals surface area contributed by atoms with Crippen LogP contribution in [0.2, 0.25) is 0 Å². The minimum absolute atomic E-state index is 0.0243. The van der Waals surface area contributed by atoms with Crippen LogP contribution in [-0.2, 0) is 16.0 Å². The van der Waals surface area contributed by atoms with E-state index in [4.69, 9.17) is 9.47 Å². The molecule has 1 unspecified atom stereocenters. The van der Waals surface area contributed by atoms with Gasteiger partial charge in [-0.05, 0) is 77.6 Å². The van der Waals surface area contributed by atoms with Gasteiger partial charge in [-0.15, -0.1) is 0 Å². The zero-order chi connectivity index (χ0) is 29.5. The SMILES string of the molecule is CC(=O)N1c2ccc(-c3cnn(C4CCN(C(=O)OC(C)(C)C)CC4)c3)c(Oc3ccc(F)c(F)c3)c2CCC1C. The molecule has 2 aromatic carbocycles. The third kappa shape index (κ3) is 6.06. The number of carbonyl (C=O) groups excluding carboxylic acids is 2. The van der Waals surface area contributed by atoms with Crippen LogP contribution in [0.15, 0.2) is 42.7 Å². The molecule has 0 aliphatic carbocycles. The molecule has 0 N–H and O–H groups in total. The number of benzene rings is 2. The second kappa shape index (κ2) is 11.1. The molecule has 3 heterocycles. The van der Waals surface area contributed by atoms with Crippen molar-refractivity contribution in [1.82, 2.24) is 14.7 Å². The lowest BCUT2D eigenvalue weighted by Crippen LogP contribution is -2.42. The predicted octanol–water partition coefficient (Wildman–Crippen LogP) is 6.88. The van der Waals surface area contributed by atoms with E-state index in [9.17, 15) is 18.4 Å². The van der Waals surface area contributed by atoms with Gasteiger partial charge in [0.05, 0.1) is 17.9 Å². The molecule has 1 fully saturated rings. The van der Waals surface area contributed by atoms with Crippen LogP contribution in [0, 0.1) is 11.6 Å². The van der Waals surface area contributed by atoms with E-state index in [-0.39, 0.29) is 29.8 Å². The Bertz CT molecular complexity index is 1460. The Morgan fingerprint density at radius 3 is 2.41 bits per heavy atom. The highest BCUT2D eigenvalue weighted by molar-refractivity contribution is 5.95. The summed E-state index contributed by atoms with van der Waals surface area (Å²) in [5, 5.41) is 4.64. The van der Waals surface area contributed by atoms with Gasteiger partial charge in [0.25, 0.3) is 0 Å². The molecule has 0 bridgehead atoms. The van der Waals surface area contributed by atoms with E-state index in [0.29, 0.717) is 25.3 Å². The van der Waals surface area contributed by atoms with Crippen LogP contribution in [0.5, 0.6) is 11.5 Å². The fourth-order valence-corrected chi connectivity index (χ4v) is 5.60. The van der Waals surface area contributed by atoms with Crippen molar-refractivity contribution in [3.05, 3.63) is 59.9 Å². The number of amides is 2. The summed E-state index contributed by atoms with van der Waals surface area (Å²) in [7, 11) is 0. The predicted molar refractivity (Wildman–Crippen MR) is 151 cm³/mol. The average Bonchev–Trinajstić information content (AvgIpc) is 3.40. The zero-order valence-electron chi connectivity index (χ0n) is 24.1. The summed E-state index contributed by atoms with van der Waals surface area (Å²) in [4.78, 5) is 28.5. The lowest BCUT2D eigenvalue weighted by molar-refractivity contribution is -0.117. The maximum atomic E-state index is 14.1. The molecule has 0 saturated carbocycles. The van der Waals surface area contributed by atoms with Crippen LogP contribution >= 0.6 is 0 Å². The van der Waals surface area contributed by atoms with Crippen LogP contribution in [0.25, 0.3) is 11.1 Å². The number of nitrogens with zero attached hydrogens (tertiary/aromatic N) is 4. The molecule has 41 heavy (non-hydrogen) atoms. The highest BCUT2D eigenvalue weighted by Gasteiger charge is 2.31. The second-order valence-electron chi connectivity index (χ2n) is 11.8. The number of hydrogen-bond acceptors (Lipinski definition) is 5. The van der Waals surface area contributed by atoms with Gasteiger partial charge >= 0.3 is 6.09 Å². The van der Waals surface area contributed by atoms with E-state index >= 15 is 0 Å². The van der Waals surface area contributed by atoms with Gasteiger partial charge in [0.15, 0.2) is 11.6 Å². The van der Waals surface area contributed by atoms with E-state index in [1.807, 2.05) is 50.7 Å². The standard InChI is InChI=1S/C31H36F2N4O4/c1-19-6-8-25-28(37(19)20(2)38)11-9-24(29(25)40-23-7-10-26(32)27(33)16-23)21-17-34-36(18-21)22-12-14-35(15-13-22)30(39)41-31(3,4)5/h7,9-11,16-19,22H,6,8,12-15H2,1-5H3. The second-order valence-corrected chi connectivity index (χ2v) is 11.8. The van der Waals surface area contributed by atoms with Crippen LogP contribution < -0.4 is 9.64 Å². The summed E-state index contributed by atoms with van der Waals surface area (Å²) in [6.45, 7) is 10.2. The van der Waals surface area contributed by atoms with Crippen LogP contribution in [0.4, 0.5) is 19.3 Å². The number of halogens is 2. The van der Waals surface area contributed by atoms with Gasteiger partial charge in [0.2, 0.25) is 5.91 Å². The summed E-state index contributed by atoms with van der Waals surface area (Å²) >= 11 is 0. The maximum absolute atomic E-state index is 14.1. The molecule has 1 saturated heterocycles. The number of anilines is 1. The molecule has 5 rings (SSSR count). The van der Waals surface area contributed by atoms with Crippen molar-refractivity contribution >= 4 is 17.7 Å². The van der Waals surface area contributed by atoms with Crippen molar-refractivity contribution in [3.63, 3.8) is 0 Å². The van der Waals surface area contributed by atoms with Crippen molar-refractivity contribution in [2.45, 2.75) is 78.0 Å². The molecule has 2 aliphatic rings. The van der Waals surface area contributed by atoms with Gasteiger partial charge in [0.1, 0.15) is 17.1 Å². The summed E-state index contributed by atoms with van der Waals surface area (Å²) < 4.78 is 41.4. The number of aromatic nitrogens is 2. The first kappa shape index (κ1) is 28.6. The molecule has 1 atom stereocenters. The van der Waals surface area contributed by atoms with Gasteiger partial charge in [-0.25, -0.2) is 13.6 Å². The van der Waals surface area contributed by atoms with Crippen molar-refractivity contribution in [3.8, 4) is 22.6 Å². The Balaban J connectivity index is 1.45. The number of hydrogen-bond donors (Lipinski definition) is 0. The molecule has 218 valence electrons. The molecule has 0 spiro atoms. The Morgan fingerprint density at radius 2 is 1.76 bits per heavy atom. The first-order chi connectivity index (χ1) is 19.4. The summed E-state index contributed by atoms with van der Waals surface area (Å²) in [6.07, 6.45) is 6.25. The van der Waals surface area contributed by atoms with Gasteiger partial charge in [0, 0.05) is 55.0 Å². The van der Waals surface area contributed by atoms with Gasteiger partial charge in [-0.3, -0.25) is 9.48 Å². The molecule has 1 aromatic heterocycles. The van der Waals surface area contributed by atoms with Crippen LogP contribution in [0.3, 0.4) is 0 Å². The fourth-order valence-electron chi connectivity index (χ4n) is 5.60. The Kier molecular flexibility index (Phi) is 7.76. The van der Waals surface area contributed by atoms with E-state index in [2.05, 4.69) is 5.10 Å².